The quantitative estimate of drug-likeness (QED) is 0.665. The van der Waals surface area contributed by atoms with Gasteiger partial charge in [-0.15, -0.1) is 10.2 Å². The smallest absolute Gasteiger partial charge is 0.280 e. The Morgan fingerprint density at radius 1 is 1.35 bits per heavy atom. The van der Waals surface area contributed by atoms with Crippen LogP contribution in [0.3, 0.4) is 0 Å². The Balaban J connectivity index is 2.58. The normalized spacial score (nSPS) is 11.0. The van der Waals surface area contributed by atoms with Gasteiger partial charge in [-0.1, -0.05) is 26.0 Å². The van der Waals surface area contributed by atoms with E-state index in [0.717, 1.165) is 0 Å². The number of aromatic nitrogens is 3. The van der Waals surface area contributed by atoms with Crippen molar-refractivity contribution in [1.29, 1.82) is 0 Å². The second-order valence-electron chi connectivity index (χ2n) is 4.88. The van der Waals surface area contributed by atoms with Crippen LogP contribution in [0.1, 0.15) is 19.7 Å². The summed E-state index contributed by atoms with van der Waals surface area (Å²) in [7, 11) is 0. The summed E-state index contributed by atoms with van der Waals surface area (Å²) in [6.45, 7) is 4.37. The van der Waals surface area contributed by atoms with Crippen LogP contribution in [0.4, 0.5) is 5.69 Å². The van der Waals surface area contributed by atoms with Crippen molar-refractivity contribution in [2.24, 2.45) is 5.92 Å². The number of hydrogen-bond acceptors (Lipinski definition) is 5. The first-order valence-corrected chi connectivity index (χ1v) is 6.31. The molecule has 1 heterocycles. The summed E-state index contributed by atoms with van der Waals surface area (Å²) in [5.74, 6) is 1.12. The summed E-state index contributed by atoms with van der Waals surface area (Å²) in [6.07, 6.45) is 0. The zero-order valence-corrected chi connectivity index (χ0v) is 11.4. The van der Waals surface area contributed by atoms with Crippen molar-refractivity contribution in [3.05, 3.63) is 40.2 Å². The van der Waals surface area contributed by atoms with E-state index in [1.807, 2.05) is 13.8 Å². The molecule has 7 heteroatoms. The summed E-state index contributed by atoms with van der Waals surface area (Å²) in [4.78, 5) is 10.7. The van der Waals surface area contributed by atoms with E-state index in [0.29, 0.717) is 29.7 Å². The van der Waals surface area contributed by atoms with Gasteiger partial charge in [-0.3, -0.25) is 10.1 Å². The molecule has 0 aliphatic heterocycles. The van der Waals surface area contributed by atoms with Crippen LogP contribution in [0.2, 0.25) is 0 Å². The fourth-order valence-corrected chi connectivity index (χ4v) is 2.03. The van der Waals surface area contributed by atoms with Crippen LogP contribution in [0, 0.1) is 16.0 Å². The largest absolute Gasteiger partial charge is 0.388 e. The Bertz CT molecular complexity index is 622. The highest BCUT2D eigenvalue weighted by atomic mass is 16.6. The number of benzene rings is 1. The van der Waals surface area contributed by atoms with E-state index in [2.05, 4.69) is 10.2 Å². The van der Waals surface area contributed by atoms with Crippen LogP contribution < -0.4 is 0 Å². The molecular formula is C13H16N4O3. The van der Waals surface area contributed by atoms with E-state index in [-0.39, 0.29) is 12.3 Å². The Morgan fingerprint density at radius 3 is 2.65 bits per heavy atom. The van der Waals surface area contributed by atoms with Gasteiger partial charge < -0.3 is 9.67 Å². The van der Waals surface area contributed by atoms with Crippen LogP contribution in [-0.4, -0.2) is 24.8 Å². The van der Waals surface area contributed by atoms with E-state index in [1.165, 1.54) is 6.07 Å². The Labute approximate surface area is 116 Å². The van der Waals surface area contributed by atoms with Gasteiger partial charge in [0, 0.05) is 12.6 Å². The summed E-state index contributed by atoms with van der Waals surface area (Å²) in [5, 5.41) is 28.3. The number of nitro benzene ring substituents is 1. The second-order valence-corrected chi connectivity index (χ2v) is 4.88. The number of nitrogens with zero attached hydrogens (tertiary/aromatic N) is 4. The van der Waals surface area contributed by atoms with Crippen molar-refractivity contribution in [3.63, 3.8) is 0 Å². The molecule has 0 atom stereocenters. The molecule has 0 bridgehead atoms. The van der Waals surface area contributed by atoms with Crippen LogP contribution in [0.15, 0.2) is 24.3 Å². The average molecular weight is 276 g/mol. The van der Waals surface area contributed by atoms with Crippen molar-refractivity contribution in [3.8, 4) is 11.4 Å². The average Bonchev–Trinajstić information content (AvgIpc) is 2.80. The summed E-state index contributed by atoms with van der Waals surface area (Å²) in [5.41, 5.74) is 0.389. The Hall–Kier alpha value is -2.28. The highest BCUT2D eigenvalue weighted by molar-refractivity contribution is 5.68. The summed E-state index contributed by atoms with van der Waals surface area (Å²) in [6, 6.07) is 6.40. The monoisotopic (exact) mass is 276 g/mol. The molecule has 0 fully saturated rings. The predicted octanol–water partition coefficient (Wildman–Crippen LogP) is 2.00. The lowest BCUT2D eigenvalue weighted by atomic mass is 10.1. The predicted molar refractivity (Wildman–Crippen MR) is 72.9 cm³/mol. The van der Waals surface area contributed by atoms with E-state index in [4.69, 9.17) is 0 Å². The highest BCUT2D eigenvalue weighted by Gasteiger charge is 2.21. The molecule has 0 amide bonds. The molecule has 0 spiro atoms. The van der Waals surface area contributed by atoms with Crippen molar-refractivity contribution in [2.75, 3.05) is 0 Å². The molecule has 0 saturated heterocycles. The minimum absolute atomic E-state index is 0.0191. The SMILES string of the molecule is CC(C)Cn1c(CO)nnc1-c1ccccc1[N+](=O)[O-]. The minimum atomic E-state index is -0.442. The first-order valence-electron chi connectivity index (χ1n) is 6.31. The maximum absolute atomic E-state index is 11.1. The maximum atomic E-state index is 11.1. The zero-order valence-electron chi connectivity index (χ0n) is 11.4. The first-order chi connectivity index (χ1) is 9.54. The lowest BCUT2D eigenvalue weighted by Gasteiger charge is -2.11. The number of para-hydroxylation sites is 1. The fourth-order valence-electron chi connectivity index (χ4n) is 2.03. The third kappa shape index (κ3) is 2.67. The molecule has 1 aromatic heterocycles. The summed E-state index contributed by atoms with van der Waals surface area (Å²) < 4.78 is 1.73. The third-order valence-corrected chi connectivity index (χ3v) is 2.86. The van der Waals surface area contributed by atoms with Gasteiger partial charge in [0.25, 0.3) is 5.69 Å². The Morgan fingerprint density at radius 2 is 2.05 bits per heavy atom. The van der Waals surface area contributed by atoms with Gasteiger partial charge in [-0.05, 0) is 12.0 Å². The van der Waals surface area contributed by atoms with Crippen molar-refractivity contribution in [1.82, 2.24) is 14.8 Å². The second kappa shape index (κ2) is 5.79. The molecule has 0 saturated carbocycles. The van der Waals surface area contributed by atoms with Gasteiger partial charge in [-0.25, -0.2) is 0 Å². The molecule has 106 valence electrons. The molecule has 2 aromatic rings. The third-order valence-electron chi connectivity index (χ3n) is 2.86. The van der Waals surface area contributed by atoms with E-state index < -0.39 is 4.92 Å². The molecule has 2 rings (SSSR count). The van der Waals surface area contributed by atoms with Crippen LogP contribution in [-0.2, 0) is 13.2 Å². The zero-order chi connectivity index (χ0) is 14.7. The van der Waals surface area contributed by atoms with Crippen molar-refractivity contribution in [2.45, 2.75) is 27.0 Å². The van der Waals surface area contributed by atoms with Crippen molar-refractivity contribution < 1.29 is 10.0 Å². The van der Waals surface area contributed by atoms with Gasteiger partial charge in [0.15, 0.2) is 11.6 Å². The Kier molecular flexibility index (Phi) is 4.09. The van der Waals surface area contributed by atoms with Crippen LogP contribution in [0.25, 0.3) is 11.4 Å². The number of aliphatic hydroxyl groups is 1. The van der Waals surface area contributed by atoms with Gasteiger partial charge in [0.2, 0.25) is 0 Å². The minimum Gasteiger partial charge on any atom is -0.388 e. The fraction of sp³-hybridized carbons (Fsp3) is 0.385. The highest BCUT2D eigenvalue weighted by Crippen LogP contribution is 2.29. The molecule has 1 N–H and O–H groups in total. The van der Waals surface area contributed by atoms with E-state index in [9.17, 15) is 15.2 Å². The van der Waals surface area contributed by atoms with Crippen molar-refractivity contribution >= 4 is 5.69 Å². The molecule has 1 aromatic carbocycles. The number of rotatable bonds is 5. The number of hydrogen-bond donors (Lipinski definition) is 1. The van der Waals surface area contributed by atoms with E-state index >= 15 is 0 Å². The number of nitro groups is 1. The van der Waals surface area contributed by atoms with Gasteiger partial charge in [0.1, 0.15) is 6.61 Å². The van der Waals surface area contributed by atoms with Crippen LogP contribution >= 0.6 is 0 Å². The topological polar surface area (TPSA) is 94.1 Å². The molecule has 0 radical (unpaired) electrons. The lowest BCUT2D eigenvalue weighted by molar-refractivity contribution is -0.384. The first kappa shape index (κ1) is 14.1. The lowest BCUT2D eigenvalue weighted by Crippen LogP contribution is -2.10. The molecular weight excluding hydrogens is 260 g/mol. The molecule has 20 heavy (non-hydrogen) atoms. The molecule has 0 aliphatic rings. The van der Waals surface area contributed by atoms with Gasteiger partial charge in [0.05, 0.1) is 10.5 Å². The summed E-state index contributed by atoms with van der Waals surface area (Å²) >= 11 is 0. The molecule has 0 unspecified atom stereocenters. The maximum Gasteiger partial charge on any atom is 0.280 e. The van der Waals surface area contributed by atoms with Crippen LogP contribution in [0.5, 0.6) is 0 Å². The molecule has 0 aliphatic carbocycles. The van der Waals surface area contributed by atoms with Gasteiger partial charge in [-0.2, -0.15) is 0 Å². The number of aliphatic hydroxyl groups excluding tert-OH is 1. The van der Waals surface area contributed by atoms with E-state index in [1.54, 1.807) is 22.8 Å². The van der Waals surface area contributed by atoms with Gasteiger partial charge >= 0.3 is 0 Å². The standard InChI is InChI=1S/C13H16N4O3/c1-9(2)7-16-12(8-18)14-15-13(16)10-5-3-4-6-11(10)17(19)20/h3-6,9,18H,7-8H2,1-2H3. The molecule has 7 nitrogen and oxygen atoms in total.